The lowest BCUT2D eigenvalue weighted by Crippen LogP contribution is -2.17. The van der Waals surface area contributed by atoms with Gasteiger partial charge in [-0.2, -0.15) is 0 Å². The summed E-state index contributed by atoms with van der Waals surface area (Å²) in [7, 11) is 3.09. The number of aryl methyl sites for hydroxylation is 1. The number of carbonyl (C=O) groups is 2. The van der Waals surface area contributed by atoms with Gasteiger partial charge in [-0.3, -0.25) is 9.59 Å². The first kappa shape index (κ1) is 19.9. The maximum atomic E-state index is 12.7. The molecule has 3 aromatic carbocycles. The Bertz CT molecular complexity index is 1050. The van der Waals surface area contributed by atoms with Gasteiger partial charge in [-0.25, -0.2) is 0 Å². The molecule has 0 heterocycles. The Morgan fingerprint density at radius 3 is 1.72 bits per heavy atom. The van der Waals surface area contributed by atoms with Crippen LogP contribution in [0.15, 0.2) is 66.7 Å². The largest absolute Gasteiger partial charge is 0.497 e. The Balaban J connectivity index is 1.83. The molecule has 0 aromatic heterocycles. The van der Waals surface area contributed by atoms with E-state index in [2.05, 4.69) is 10.6 Å². The van der Waals surface area contributed by atoms with Crippen molar-refractivity contribution in [3.63, 3.8) is 0 Å². The number of amides is 2. The van der Waals surface area contributed by atoms with E-state index in [0.717, 1.165) is 5.56 Å². The van der Waals surface area contributed by atoms with Crippen molar-refractivity contribution < 1.29 is 19.1 Å². The molecule has 0 aliphatic rings. The number of hydrogen-bond donors (Lipinski definition) is 2. The summed E-state index contributed by atoms with van der Waals surface area (Å²) in [6.07, 6.45) is 0. The fourth-order valence-electron chi connectivity index (χ4n) is 2.79. The van der Waals surface area contributed by atoms with Crippen molar-refractivity contribution in [1.82, 2.24) is 0 Å². The Morgan fingerprint density at radius 2 is 1.21 bits per heavy atom. The molecule has 0 aliphatic carbocycles. The van der Waals surface area contributed by atoms with Crippen LogP contribution in [0.4, 0.5) is 11.4 Å². The first-order valence-corrected chi connectivity index (χ1v) is 9.01. The summed E-state index contributed by atoms with van der Waals surface area (Å²) in [5.74, 6) is 0.581. The monoisotopic (exact) mass is 390 g/mol. The Morgan fingerprint density at radius 1 is 0.690 bits per heavy atom. The summed E-state index contributed by atoms with van der Waals surface area (Å²) < 4.78 is 10.3. The topological polar surface area (TPSA) is 76.7 Å². The second-order valence-electron chi connectivity index (χ2n) is 6.42. The van der Waals surface area contributed by atoms with Gasteiger partial charge in [0, 0.05) is 11.1 Å². The minimum Gasteiger partial charge on any atom is -0.497 e. The molecular weight excluding hydrogens is 368 g/mol. The van der Waals surface area contributed by atoms with Gasteiger partial charge in [0.25, 0.3) is 11.8 Å². The average Bonchev–Trinajstić information content (AvgIpc) is 2.75. The summed E-state index contributed by atoms with van der Waals surface area (Å²) >= 11 is 0. The Kier molecular flexibility index (Phi) is 6.14. The number of rotatable bonds is 6. The average molecular weight is 390 g/mol. The molecule has 0 spiro atoms. The highest BCUT2D eigenvalue weighted by Crippen LogP contribution is 2.25. The first-order chi connectivity index (χ1) is 14.0. The molecule has 6 heteroatoms. The number of methoxy groups -OCH3 is 2. The van der Waals surface area contributed by atoms with E-state index >= 15 is 0 Å². The van der Waals surface area contributed by atoms with Crippen molar-refractivity contribution in [2.24, 2.45) is 0 Å². The van der Waals surface area contributed by atoms with E-state index in [4.69, 9.17) is 9.47 Å². The molecule has 2 N–H and O–H groups in total. The second-order valence-corrected chi connectivity index (χ2v) is 6.42. The minimum atomic E-state index is -0.301. The van der Waals surface area contributed by atoms with E-state index < -0.39 is 0 Å². The van der Waals surface area contributed by atoms with Crippen molar-refractivity contribution in [2.75, 3.05) is 24.9 Å². The van der Waals surface area contributed by atoms with E-state index in [-0.39, 0.29) is 11.8 Å². The quantitative estimate of drug-likeness (QED) is 0.649. The van der Waals surface area contributed by atoms with Gasteiger partial charge in [0.2, 0.25) is 0 Å². The fourth-order valence-corrected chi connectivity index (χ4v) is 2.79. The molecule has 0 radical (unpaired) electrons. The van der Waals surface area contributed by atoms with Gasteiger partial charge in [0.1, 0.15) is 11.5 Å². The van der Waals surface area contributed by atoms with Crippen LogP contribution in [0, 0.1) is 6.92 Å². The van der Waals surface area contributed by atoms with Crippen LogP contribution in [-0.2, 0) is 0 Å². The number of benzene rings is 3. The SMILES string of the molecule is COc1cccc(C(=O)Nc2ccc(C)cc2NC(=O)c2cccc(OC)c2)c1. The Labute approximate surface area is 169 Å². The molecule has 0 saturated heterocycles. The van der Waals surface area contributed by atoms with Gasteiger partial charge in [-0.1, -0.05) is 18.2 Å². The molecule has 148 valence electrons. The van der Waals surface area contributed by atoms with Crippen LogP contribution in [0.25, 0.3) is 0 Å². The maximum Gasteiger partial charge on any atom is 0.255 e. The van der Waals surface area contributed by atoms with Gasteiger partial charge in [0.15, 0.2) is 0 Å². The molecule has 2 amide bonds. The van der Waals surface area contributed by atoms with Crippen LogP contribution < -0.4 is 20.1 Å². The highest BCUT2D eigenvalue weighted by molar-refractivity contribution is 6.10. The molecular formula is C23H22N2O4. The zero-order valence-corrected chi connectivity index (χ0v) is 16.5. The zero-order valence-electron chi connectivity index (χ0n) is 16.5. The van der Waals surface area contributed by atoms with Crippen molar-refractivity contribution in [1.29, 1.82) is 0 Å². The van der Waals surface area contributed by atoms with Gasteiger partial charge in [-0.05, 0) is 61.0 Å². The van der Waals surface area contributed by atoms with Gasteiger partial charge >= 0.3 is 0 Å². The third-order valence-corrected chi connectivity index (χ3v) is 4.34. The molecule has 0 bridgehead atoms. The molecule has 6 nitrogen and oxygen atoms in total. The molecule has 0 saturated carbocycles. The lowest BCUT2D eigenvalue weighted by Gasteiger charge is -2.14. The number of ether oxygens (including phenoxy) is 2. The second kappa shape index (κ2) is 8.93. The highest BCUT2D eigenvalue weighted by Gasteiger charge is 2.14. The van der Waals surface area contributed by atoms with Crippen molar-refractivity contribution in [2.45, 2.75) is 6.92 Å². The van der Waals surface area contributed by atoms with E-state index in [9.17, 15) is 9.59 Å². The third-order valence-electron chi connectivity index (χ3n) is 4.34. The van der Waals surface area contributed by atoms with Gasteiger partial charge in [0.05, 0.1) is 25.6 Å². The third kappa shape index (κ3) is 4.93. The lowest BCUT2D eigenvalue weighted by atomic mass is 10.1. The van der Waals surface area contributed by atoms with Gasteiger partial charge < -0.3 is 20.1 Å². The van der Waals surface area contributed by atoms with Crippen LogP contribution in [0.2, 0.25) is 0 Å². The predicted octanol–water partition coefficient (Wildman–Crippen LogP) is 4.52. The van der Waals surface area contributed by atoms with E-state index in [1.54, 1.807) is 74.9 Å². The highest BCUT2D eigenvalue weighted by atomic mass is 16.5. The number of carbonyl (C=O) groups excluding carboxylic acids is 2. The smallest absolute Gasteiger partial charge is 0.255 e. The van der Waals surface area contributed by atoms with Crippen molar-refractivity contribution in [3.8, 4) is 11.5 Å². The number of nitrogens with one attached hydrogen (secondary N) is 2. The summed E-state index contributed by atoms with van der Waals surface area (Å²) in [5.41, 5.74) is 2.87. The summed E-state index contributed by atoms with van der Waals surface area (Å²) in [4.78, 5) is 25.4. The molecule has 3 aromatic rings. The molecule has 0 atom stereocenters. The van der Waals surface area contributed by atoms with Crippen LogP contribution in [-0.4, -0.2) is 26.0 Å². The maximum absolute atomic E-state index is 12.7. The van der Waals surface area contributed by atoms with Gasteiger partial charge in [-0.15, -0.1) is 0 Å². The zero-order chi connectivity index (χ0) is 20.8. The summed E-state index contributed by atoms with van der Waals surface area (Å²) in [5, 5.41) is 5.72. The first-order valence-electron chi connectivity index (χ1n) is 9.01. The summed E-state index contributed by atoms with van der Waals surface area (Å²) in [6, 6.07) is 19.1. The molecule has 29 heavy (non-hydrogen) atoms. The fraction of sp³-hybridized carbons (Fsp3) is 0.130. The van der Waals surface area contributed by atoms with Crippen molar-refractivity contribution in [3.05, 3.63) is 83.4 Å². The van der Waals surface area contributed by atoms with Crippen LogP contribution in [0.3, 0.4) is 0 Å². The summed E-state index contributed by atoms with van der Waals surface area (Å²) in [6.45, 7) is 1.91. The van der Waals surface area contributed by atoms with Crippen LogP contribution in [0.1, 0.15) is 26.3 Å². The molecule has 0 unspecified atom stereocenters. The van der Waals surface area contributed by atoms with E-state index in [1.165, 1.54) is 0 Å². The Hall–Kier alpha value is -3.80. The standard InChI is InChI=1S/C23H22N2O4/c1-15-10-11-20(24-22(26)16-6-4-8-18(13-16)28-2)21(12-15)25-23(27)17-7-5-9-19(14-17)29-3/h4-14H,1-3H3,(H,24,26)(H,25,27). The lowest BCUT2D eigenvalue weighted by molar-refractivity contribution is 0.101. The van der Waals surface area contributed by atoms with E-state index in [1.807, 2.05) is 13.0 Å². The number of anilines is 2. The normalized spacial score (nSPS) is 10.2. The predicted molar refractivity (Wildman–Crippen MR) is 113 cm³/mol. The molecule has 0 fully saturated rings. The molecule has 0 aliphatic heterocycles. The molecule has 3 rings (SSSR count). The van der Waals surface area contributed by atoms with E-state index in [0.29, 0.717) is 34.0 Å². The minimum absolute atomic E-state index is 0.300. The van der Waals surface area contributed by atoms with Crippen LogP contribution in [0.5, 0.6) is 11.5 Å². The number of hydrogen-bond acceptors (Lipinski definition) is 4. The van der Waals surface area contributed by atoms with Crippen molar-refractivity contribution >= 4 is 23.2 Å². The van der Waals surface area contributed by atoms with Crippen LogP contribution >= 0.6 is 0 Å².